The Balaban J connectivity index is 0.00000400. The average molecular weight is 319 g/mol. The number of methoxy groups -OCH3 is 1. The van der Waals surface area contributed by atoms with Gasteiger partial charge in [0.05, 0.1) is 19.2 Å². The van der Waals surface area contributed by atoms with Gasteiger partial charge in [0.25, 0.3) is 0 Å². The van der Waals surface area contributed by atoms with E-state index in [0.29, 0.717) is 19.7 Å². The molecular formula is C15H24ClFN2O2. The van der Waals surface area contributed by atoms with Gasteiger partial charge in [-0.05, 0) is 31.5 Å². The molecule has 0 spiro atoms. The summed E-state index contributed by atoms with van der Waals surface area (Å²) in [5.74, 6) is -0.239. The Morgan fingerprint density at radius 2 is 2.00 bits per heavy atom. The largest absolute Gasteiger partial charge is 0.383 e. The second-order valence-electron chi connectivity index (χ2n) is 4.58. The second-order valence-corrected chi connectivity index (χ2v) is 4.58. The van der Waals surface area contributed by atoms with E-state index in [1.165, 1.54) is 12.1 Å². The van der Waals surface area contributed by atoms with Crippen molar-refractivity contribution in [2.24, 2.45) is 0 Å². The number of amides is 1. The van der Waals surface area contributed by atoms with Crippen LogP contribution in [-0.2, 0) is 9.53 Å². The Morgan fingerprint density at radius 3 is 2.52 bits per heavy atom. The molecule has 1 atom stereocenters. The molecule has 0 aliphatic carbocycles. The van der Waals surface area contributed by atoms with Crippen LogP contribution >= 0.6 is 12.4 Å². The molecule has 0 saturated heterocycles. The number of hydrogen-bond donors (Lipinski definition) is 1. The Bertz CT molecular complexity index is 415. The van der Waals surface area contributed by atoms with Gasteiger partial charge in [0.2, 0.25) is 5.91 Å². The zero-order chi connectivity index (χ0) is 15.0. The first-order valence-corrected chi connectivity index (χ1v) is 6.84. The summed E-state index contributed by atoms with van der Waals surface area (Å²) in [7, 11) is 1.62. The molecule has 120 valence electrons. The van der Waals surface area contributed by atoms with Crippen molar-refractivity contribution in [2.45, 2.75) is 19.9 Å². The van der Waals surface area contributed by atoms with E-state index in [4.69, 9.17) is 4.74 Å². The van der Waals surface area contributed by atoms with E-state index in [0.717, 1.165) is 5.56 Å². The summed E-state index contributed by atoms with van der Waals surface area (Å²) in [4.78, 5) is 13.9. The lowest BCUT2D eigenvalue weighted by atomic mass is 10.1. The number of carbonyl (C=O) groups excluding carboxylic acids is 1. The van der Waals surface area contributed by atoms with E-state index in [1.54, 1.807) is 24.1 Å². The van der Waals surface area contributed by atoms with Crippen LogP contribution in [-0.4, -0.2) is 44.2 Å². The molecule has 0 radical (unpaired) electrons. The third-order valence-electron chi connectivity index (χ3n) is 3.24. The Labute approximate surface area is 132 Å². The minimum Gasteiger partial charge on any atom is -0.383 e. The van der Waals surface area contributed by atoms with E-state index in [9.17, 15) is 9.18 Å². The van der Waals surface area contributed by atoms with Crippen LogP contribution in [0.2, 0.25) is 0 Å². The molecule has 1 N–H and O–H groups in total. The van der Waals surface area contributed by atoms with Gasteiger partial charge in [0.1, 0.15) is 5.82 Å². The first-order chi connectivity index (χ1) is 9.60. The molecule has 1 amide bonds. The van der Waals surface area contributed by atoms with Crippen molar-refractivity contribution in [3.8, 4) is 0 Å². The molecule has 0 fully saturated rings. The van der Waals surface area contributed by atoms with Gasteiger partial charge in [-0.25, -0.2) is 4.39 Å². The van der Waals surface area contributed by atoms with E-state index < -0.39 is 0 Å². The molecule has 1 unspecified atom stereocenters. The van der Waals surface area contributed by atoms with Crippen LogP contribution in [0.3, 0.4) is 0 Å². The first kappa shape index (κ1) is 19.8. The topological polar surface area (TPSA) is 41.6 Å². The van der Waals surface area contributed by atoms with Gasteiger partial charge in [-0.3, -0.25) is 4.79 Å². The van der Waals surface area contributed by atoms with Crippen LogP contribution in [0, 0.1) is 5.82 Å². The number of halogens is 2. The number of nitrogens with one attached hydrogen (secondary N) is 1. The standard InChI is InChI=1S/C15H23FN2O2.ClH/c1-4-18(15(19)11-17-9-10-20-3)12(2)13-5-7-14(16)8-6-13;/h5-8,12,17H,4,9-11H2,1-3H3;1H. The molecule has 6 heteroatoms. The van der Waals surface area contributed by atoms with Crippen molar-refractivity contribution in [3.63, 3.8) is 0 Å². The van der Waals surface area contributed by atoms with Gasteiger partial charge < -0.3 is 15.0 Å². The molecule has 0 heterocycles. The zero-order valence-corrected chi connectivity index (χ0v) is 13.6. The minimum atomic E-state index is -0.267. The van der Waals surface area contributed by atoms with Crippen molar-refractivity contribution in [2.75, 3.05) is 33.4 Å². The molecule has 1 rings (SSSR count). The monoisotopic (exact) mass is 318 g/mol. The molecule has 0 saturated carbocycles. The Hall–Kier alpha value is -1.17. The van der Waals surface area contributed by atoms with Crippen molar-refractivity contribution in [3.05, 3.63) is 35.6 Å². The lowest BCUT2D eigenvalue weighted by molar-refractivity contribution is -0.132. The highest BCUT2D eigenvalue weighted by Crippen LogP contribution is 2.20. The van der Waals surface area contributed by atoms with Gasteiger partial charge in [-0.2, -0.15) is 0 Å². The van der Waals surface area contributed by atoms with E-state index >= 15 is 0 Å². The lowest BCUT2D eigenvalue weighted by Crippen LogP contribution is -2.40. The summed E-state index contributed by atoms with van der Waals surface area (Å²) >= 11 is 0. The summed E-state index contributed by atoms with van der Waals surface area (Å²) in [6, 6.07) is 6.20. The number of likely N-dealkylation sites (N-methyl/N-ethyl adjacent to an activating group) is 1. The molecule has 4 nitrogen and oxygen atoms in total. The van der Waals surface area contributed by atoms with Crippen LogP contribution in [0.25, 0.3) is 0 Å². The average Bonchev–Trinajstić information content (AvgIpc) is 2.45. The van der Waals surface area contributed by atoms with E-state index in [2.05, 4.69) is 5.32 Å². The summed E-state index contributed by atoms with van der Waals surface area (Å²) in [5.41, 5.74) is 0.929. The van der Waals surface area contributed by atoms with Crippen molar-refractivity contribution in [1.82, 2.24) is 10.2 Å². The fourth-order valence-electron chi connectivity index (χ4n) is 2.06. The number of hydrogen-bond acceptors (Lipinski definition) is 3. The van der Waals surface area contributed by atoms with Gasteiger partial charge in [0.15, 0.2) is 0 Å². The molecule has 1 aromatic rings. The van der Waals surface area contributed by atoms with Crippen LogP contribution in [0.5, 0.6) is 0 Å². The molecule has 21 heavy (non-hydrogen) atoms. The number of carbonyl (C=O) groups is 1. The van der Waals surface area contributed by atoms with E-state index in [1.807, 2.05) is 13.8 Å². The number of nitrogens with zero attached hydrogens (tertiary/aromatic N) is 1. The van der Waals surface area contributed by atoms with Crippen molar-refractivity contribution >= 4 is 18.3 Å². The number of ether oxygens (including phenoxy) is 1. The van der Waals surface area contributed by atoms with Gasteiger partial charge in [-0.1, -0.05) is 12.1 Å². The summed E-state index contributed by atoms with van der Waals surface area (Å²) in [5, 5.41) is 3.04. The molecule has 0 aromatic heterocycles. The fraction of sp³-hybridized carbons (Fsp3) is 0.533. The van der Waals surface area contributed by atoms with Gasteiger partial charge in [-0.15, -0.1) is 12.4 Å². The van der Waals surface area contributed by atoms with E-state index in [-0.39, 0.29) is 36.7 Å². The van der Waals surface area contributed by atoms with Crippen LogP contribution in [0.4, 0.5) is 4.39 Å². The molecule has 0 aliphatic rings. The number of benzene rings is 1. The number of rotatable bonds is 8. The Kier molecular flexibility index (Phi) is 9.95. The van der Waals surface area contributed by atoms with Gasteiger partial charge >= 0.3 is 0 Å². The maximum absolute atomic E-state index is 12.9. The van der Waals surface area contributed by atoms with Gasteiger partial charge in [0, 0.05) is 20.2 Å². The van der Waals surface area contributed by atoms with Crippen LogP contribution < -0.4 is 5.32 Å². The van der Waals surface area contributed by atoms with Crippen molar-refractivity contribution in [1.29, 1.82) is 0 Å². The molecule has 1 aromatic carbocycles. The molecule has 0 aliphatic heterocycles. The first-order valence-electron chi connectivity index (χ1n) is 6.84. The van der Waals surface area contributed by atoms with Crippen LogP contribution in [0.15, 0.2) is 24.3 Å². The maximum atomic E-state index is 12.9. The summed E-state index contributed by atoms with van der Waals surface area (Å²) < 4.78 is 17.8. The third kappa shape index (κ3) is 6.42. The molecule has 0 bridgehead atoms. The highest BCUT2D eigenvalue weighted by atomic mass is 35.5. The summed E-state index contributed by atoms with van der Waals surface area (Å²) in [6.45, 7) is 6.00. The highest BCUT2D eigenvalue weighted by molar-refractivity contribution is 5.85. The molecular weight excluding hydrogens is 295 g/mol. The van der Waals surface area contributed by atoms with Crippen LogP contribution in [0.1, 0.15) is 25.5 Å². The SMILES string of the molecule is CCN(C(=O)CNCCOC)C(C)c1ccc(F)cc1.Cl. The highest BCUT2D eigenvalue weighted by Gasteiger charge is 2.19. The quantitative estimate of drug-likeness (QED) is 0.748. The Morgan fingerprint density at radius 1 is 1.38 bits per heavy atom. The summed E-state index contributed by atoms with van der Waals surface area (Å²) in [6.07, 6.45) is 0. The third-order valence-corrected chi connectivity index (χ3v) is 3.24. The lowest BCUT2D eigenvalue weighted by Gasteiger charge is -2.28. The smallest absolute Gasteiger partial charge is 0.237 e. The normalized spacial score (nSPS) is 11.6. The zero-order valence-electron chi connectivity index (χ0n) is 12.8. The predicted molar refractivity (Wildman–Crippen MR) is 84.2 cm³/mol. The predicted octanol–water partition coefficient (Wildman–Crippen LogP) is 2.39. The maximum Gasteiger partial charge on any atom is 0.237 e. The fourth-order valence-corrected chi connectivity index (χ4v) is 2.06. The van der Waals surface area contributed by atoms with Crippen molar-refractivity contribution < 1.29 is 13.9 Å². The minimum absolute atomic E-state index is 0. The second kappa shape index (κ2) is 10.5.